The highest BCUT2D eigenvalue weighted by atomic mass is 15.3. The molecule has 2 aromatic carbocycles. The molecule has 0 aliphatic heterocycles. The van der Waals surface area contributed by atoms with Gasteiger partial charge in [-0.25, -0.2) is 0 Å². The number of aryl methyl sites for hydroxylation is 2. The number of hydrogen-bond donors (Lipinski definition) is 2. The van der Waals surface area contributed by atoms with Gasteiger partial charge < -0.3 is 15.5 Å². The molecule has 0 amide bonds. The summed E-state index contributed by atoms with van der Waals surface area (Å²) in [6, 6.07) is 14.6. The largest absolute Gasteiger partial charge is 0.372 e. The number of nitrogens with one attached hydrogen (secondary N) is 2. The lowest BCUT2D eigenvalue weighted by molar-refractivity contribution is 0.866. The van der Waals surface area contributed by atoms with Crippen LogP contribution < -0.4 is 15.5 Å². The van der Waals surface area contributed by atoms with Crippen molar-refractivity contribution in [2.45, 2.75) is 34.1 Å². The summed E-state index contributed by atoms with van der Waals surface area (Å²) in [4.78, 5) is 6.87. The average molecular weight is 377 g/mol. The van der Waals surface area contributed by atoms with Gasteiger partial charge in [-0.1, -0.05) is 25.1 Å². The number of rotatable bonds is 8. The Morgan fingerprint density at radius 1 is 0.929 bits per heavy atom. The summed E-state index contributed by atoms with van der Waals surface area (Å²) in [6.45, 7) is 10.5. The topological polar surface area (TPSA) is 66.0 Å². The molecule has 0 spiro atoms. The minimum atomic E-state index is 0.480. The zero-order valence-electron chi connectivity index (χ0n) is 17.0. The van der Waals surface area contributed by atoms with Crippen LogP contribution in [0.25, 0.3) is 0 Å². The molecular formula is C22H28N6. The minimum Gasteiger partial charge on any atom is -0.372 e. The van der Waals surface area contributed by atoms with E-state index in [-0.39, 0.29) is 0 Å². The first-order chi connectivity index (χ1) is 13.6. The molecule has 0 saturated heterocycles. The second-order valence-electron chi connectivity index (χ2n) is 6.60. The zero-order valence-corrected chi connectivity index (χ0v) is 17.0. The van der Waals surface area contributed by atoms with Gasteiger partial charge in [0.25, 0.3) is 0 Å². The van der Waals surface area contributed by atoms with Crippen LogP contribution in [-0.4, -0.2) is 28.3 Å². The van der Waals surface area contributed by atoms with Crippen molar-refractivity contribution in [1.82, 2.24) is 15.2 Å². The van der Waals surface area contributed by atoms with Crippen LogP contribution in [0.3, 0.4) is 0 Å². The van der Waals surface area contributed by atoms with Crippen molar-refractivity contribution in [3.8, 4) is 0 Å². The highest BCUT2D eigenvalue weighted by Crippen LogP contribution is 2.25. The van der Waals surface area contributed by atoms with E-state index in [1.54, 1.807) is 6.20 Å². The predicted molar refractivity (Wildman–Crippen MR) is 117 cm³/mol. The molecule has 0 unspecified atom stereocenters. The summed E-state index contributed by atoms with van der Waals surface area (Å²) >= 11 is 0. The van der Waals surface area contributed by atoms with Gasteiger partial charge in [-0.05, 0) is 62.6 Å². The van der Waals surface area contributed by atoms with Crippen LogP contribution in [0.4, 0.5) is 28.8 Å². The summed E-state index contributed by atoms with van der Waals surface area (Å²) in [5.41, 5.74) is 5.62. The van der Waals surface area contributed by atoms with Gasteiger partial charge in [0.15, 0.2) is 5.82 Å². The lowest BCUT2D eigenvalue weighted by Crippen LogP contribution is -2.21. The monoisotopic (exact) mass is 376 g/mol. The molecule has 0 aliphatic rings. The molecule has 3 rings (SSSR count). The van der Waals surface area contributed by atoms with Crippen molar-refractivity contribution in [2.75, 3.05) is 28.6 Å². The van der Waals surface area contributed by atoms with Crippen LogP contribution in [0, 0.1) is 6.92 Å². The van der Waals surface area contributed by atoms with E-state index in [0.717, 1.165) is 36.4 Å². The molecule has 1 heterocycles. The first kappa shape index (κ1) is 19.6. The Morgan fingerprint density at radius 2 is 1.68 bits per heavy atom. The van der Waals surface area contributed by atoms with E-state index in [0.29, 0.717) is 11.8 Å². The Bertz CT molecular complexity index is 903. The van der Waals surface area contributed by atoms with Gasteiger partial charge in [0.2, 0.25) is 5.95 Å². The highest BCUT2D eigenvalue weighted by Gasteiger charge is 2.08. The normalized spacial score (nSPS) is 10.6. The van der Waals surface area contributed by atoms with E-state index >= 15 is 0 Å². The van der Waals surface area contributed by atoms with Crippen LogP contribution >= 0.6 is 0 Å². The number of aromatic nitrogens is 3. The first-order valence-electron chi connectivity index (χ1n) is 9.81. The quantitative estimate of drug-likeness (QED) is 0.572. The van der Waals surface area contributed by atoms with Crippen LogP contribution in [0.5, 0.6) is 0 Å². The van der Waals surface area contributed by atoms with E-state index in [1.165, 1.54) is 11.3 Å². The molecule has 0 saturated carbocycles. The molecule has 0 fully saturated rings. The van der Waals surface area contributed by atoms with Gasteiger partial charge in [-0.2, -0.15) is 10.1 Å². The van der Waals surface area contributed by atoms with Gasteiger partial charge in [0.1, 0.15) is 0 Å². The number of para-hydroxylation sites is 1. The standard InChI is InChI=1S/C22H28N6/c1-5-17-10-8-9-16(4)21(17)26-22-25-20(15-23-27-22)24-18-11-13-19(14-12-18)28(6-2)7-3/h8-15H,5-7H2,1-4H3,(H2,24,25,26,27). The first-order valence-corrected chi connectivity index (χ1v) is 9.81. The van der Waals surface area contributed by atoms with Crippen molar-refractivity contribution >= 4 is 28.8 Å². The van der Waals surface area contributed by atoms with E-state index in [4.69, 9.17) is 0 Å². The second kappa shape index (κ2) is 9.17. The maximum atomic E-state index is 4.56. The molecule has 1 aromatic heterocycles. The summed E-state index contributed by atoms with van der Waals surface area (Å²) in [5.74, 6) is 1.13. The van der Waals surface area contributed by atoms with Gasteiger partial charge in [-0.15, -0.1) is 5.10 Å². The van der Waals surface area contributed by atoms with Gasteiger partial charge in [-0.3, -0.25) is 0 Å². The van der Waals surface area contributed by atoms with Gasteiger partial charge >= 0.3 is 0 Å². The lowest BCUT2D eigenvalue weighted by Gasteiger charge is -2.21. The van der Waals surface area contributed by atoms with Gasteiger partial charge in [0.05, 0.1) is 6.20 Å². The Kier molecular flexibility index (Phi) is 6.42. The zero-order chi connectivity index (χ0) is 19.9. The Morgan fingerprint density at radius 3 is 2.36 bits per heavy atom. The summed E-state index contributed by atoms with van der Waals surface area (Å²) in [5, 5.41) is 14.9. The SMILES string of the molecule is CCc1cccc(C)c1Nc1nncc(Nc2ccc(N(CC)CC)cc2)n1. The van der Waals surface area contributed by atoms with E-state index in [2.05, 4.69) is 101 Å². The average Bonchev–Trinajstić information content (AvgIpc) is 2.72. The van der Waals surface area contributed by atoms with Crippen molar-refractivity contribution in [1.29, 1.82) is 0 Å². The molecule has 0 aliphatic carbocycles. The van der Waals surface area contributed by atoms with Crippen molar-refractivity contribution < 1.29 is 0 Å². The second-order valence-corrected chi connectivity index (χ2v) is 6.60. The predicted octanol–water partition coefficient (Wildman–Crippen LogP) is 5.08. The van der Waals surface area contributed by atoms with Crippen molar-refractivity contribution in [3.63, 3.8) is 0 Å². The molecule has 146 valence electrons. The Labute approximate surface area is 167 Å². The summed E-state index contributed by atoms with van der Waals surface area (Å²) in [7, 11) is 0. The summed E-state index contributed by atoms with van der Waals surface area (Å²) < 4.78 is 0. The summed E-state index contributed by atoms with van der Waals surface area (Å²) in [6.07, 6.45) is 2.57. The van der Waals surface area contributed by atoms with Crippen LogP contribution in [-0.2, 0) is 6.42 Å². The fraction of sp³-hybridized carbons (Fsp3) is 0.318. The fourth-order valence-corrected chi connectivity index (χ4v) is 3.22. The third-order valence-corrected chi connectivity index (χ3v) is 4.80. The fourth-order valence-electron chi connectivity index (χ4n) is 3.22. The minimum absolute atomic E-state index is 0.480. The molecule has 2 N–H and O–H groups in total. The van der Waals surface area contributed by atoms with E-state index in [1.807, 2.05) is 0 Å². The van der Waals surface area contributed by atoms with Gasteiger partial charge in [0, 0.05) is 30.2 Å². The van der Waals surface area contributed by atoms with E-state index < -0.39 is 0 Å². The third-order valence-electron chi connectivity index (χ3n) is 4.80. The van der Waals surface area contributed by atoms with Crippen molar-refractivity contribution in [3.05, 3.63) is 59.8 Å². The molecule has 0 radical (unpaired) electrons. The molecule has 28 heavy (non-hydrogen) atoms. The van der Waals surface area contributed by atoms with Crippen molar-refractivity contribution in [2.24, 2.45) is 0 Å². The molecule has 0 atom stereocenters. The molecule has 3 aromatic rings. The van der Waals surface area contributed by atoms with Crippen LogP contribution in [0.15, 0.2) is 48.7 Å². The molecule has 6 nitrogen and oxygen atoms in total. The Balaban J connectivity index is 1.75. The number of benzene rings is 2. The number of nitrogens with zero attached hydrogens (tertiary/aromatic N) is 4. The lowest BCUT2D eigenvalue weighted by atomic mass is 10.1. The van der Waals surface area contributed by atoms with Crippen LogP contribution in [0.1, 0.15) is 31.9 Å². The maximum Gasteiger partial charge on any atom is 0.249 e. The smallest absolute Gasteiger partial charge is 0.249 e. The number of hydrogen-bond acceptors (Lipinski definition) is 6. The third kappa shape index (κ3) is 4.57. The maximum absolute atomic E-state index is 4.56. The highest BCUT2D eigenvalue weighted by molar-refractivity contribution is 5.65. The molecule has 0 bridgehead atoms. The van der Waals surface area contributed by atoms with E-state index in [9.17, 15) is 0 Å². The number of anilines is 5. The molecular weight excluding hydrogens is 348 g/mol. The molecule has 6 heteroatoms. The Hall–Kier alpha value is -3.15. The van der Waals surface area contributed by atoms with Crippen LogP contribution in [0.2, 0.25) is 0 Å².